The molecule has 0 saturated carbocycles. The molecule has 0 spiro atoms. The standard InChI is InChI=1S/C24H29NO3.ClH/c1-18-8-3-5-11-21(18)23(22-12-6-4-9-19(22)2)17-28-15-14-25-13-7-10-20(16-25)24(26)27;/h3-6,8-9,11-12,17,20H,7,10,13-16H2,1-2H3,(H,26,27);1H/t20-;/m1./s1. The van der Waals surface area contributed by atoms with E-state index in [2.05, 4.69) is 50.2 Å². The van der Waals surface area contributed by atoms with E-state index < -0.39 is 5.97 Å². The molecule has 156 valence electrons. The van der Waals surface area contributed by atoms with E-state index in [1.165, 1.54) is 27.2 Å². The number of hydrogen-bond acceptors (Lipinski definition) is 2. The quantitative estimate of drug-likeness (QED) is 0.498. The maximum absolute atomic E-state index is 11.2. The summed E-state index contributed by atoms with van der Waals surface area (Å²) in [5.74, 6) is -0.881. The number of likely N-dealkylation sites (tertiary alicyclic amines) is 1. The van der Waals surface area contributed by atoms with Gasteiger partial charge in [-0.05, 0) is 48.9 Å². The fourth-order valence-electron chi connectivity index (χ4n) is 3.96. The van der Waals surface area contributed by atoms with Crippen molar-refractivity contribution < 1.29 is 31.9 Å². The van der Waals surface area contributed by atoms with Gasteiger partial charge in [-0.2, -0.15) is 0 Å². The molecule has 3 rings (SSSR count). The van der Waals surface area contributed by atoms with Gasteiger partial charge in [0.2, 0.25) is 0 Å². The van der Waals surface area contributed by atoms with Gasteiger partial charge in [0.05, 0.1) is 19.4 Å². The number of aryl methyl sites for hydroxylation is 2. The number of ether oxygens (including phenoxy) is 1. The van der Waals surface area contributed by atoms with E-state index in [0.717, 1.165) is 31.5 Å². The van der Waals surface area contributed by atoms with Gasteiger partial charge >= 0.3 is 5.97 Å². The molecule has 0 bridgehead atoms. The van der Waals surface area contributed by atoms with Crippen LogP contribution in [0.5, 0.6) is 0 Å². The van der Waals surface area contributed by atoms with Crippen LogP contribution in [0, 0.1) is 19.8 Å². The molecule has 1 saturated heterocycles. The molecule has 1 aliphatic rings. The molecule has 0 aromatic heterocycles. The fraction of sp³-hybridized carbons (Fsp3) is 0.375. The molecule has 1 fully saturated rings. The molecule has 1 unspecified atom stereocenters. The number of quaternary nitrogens is 1. The summed E-state index contributed by atoms with van der Waals surface area (Å²) >= 11 is 0. The Kier molecular flexibility index (Phi) is 8.74. The normalized spacial score (nSPS) is 18.4. The molecule has 0 radical (unpaired) electrons. The Labute approximate surface area is 179 Å². The summed E-state index contributed by atoms with van der Waals surface area (Å²) in [6, 6.07) is 16.7. The van der Waals surface area contributed by atoms with E-state index >= 15 is 0 Å². The highest BCUT2D eigenvalue weighted by atomic mass is 35.5. The van der Waals surface area contributed by atoms with Gasteiger partial charge in [0.1, 0.15) is 19.1 Å². The molecule has 0 amide bonds. The number of aliphatic carboxylic acids is 1. The van der Waals surface area contributed by atoms with E-state index in [4.69, 9.17) is 4.74 Å². The minimum atomic E-state index is -0.667. The molecule has 5 heteroatoms. The molecule has 4 nitrogen and oxygen atoms in total. The molecule has 29 heavy (non-hydrogen) atoms. The molecule has 2 aromatic rings. The molecule has 2 atom stereocenters. The largest absolute Gasteiger partial charge is 1.00 e. The highest BCUT2D eigenvalue weighted by Gasteiger charge is 2.28. The fourth-order valence-corrected chi connectivity index (χ4v) is 3.96. The van der Waals surface area contributed by atoms with Crippen molar-refractivity contribution in [1.29, 1.82) is 0 Å². The Bertz CT molecular complexity index is 802. The van der Waals surface area contributed by atoms with Crippen molar-refractivity contribution in [2.45, 2.75) is 26.7 Å². The first kappa shape index (κ1) is 23.0. The van der Waals surface area contributed by atoms with Gasteiger partial charge in [-0.25, -0.2) is 0 Å². The van der Waals surface area contributed by atoms with Crippen LogP contribution in [0.4, 0.5) is 0 Å². The number of nitrogens with one attached hydrogen (secondary N) is 1. The lowest BCUT2D eigenvalue weighted by molar-refractivity contribution is -0.907. The molecule has 1 aliphatic heterocycles. The number of hydrogen-bond donors (Lipinski definition) is 2. The second-order valence-corrected chi connectivity index (χ2v) is 7.66. The number of carboxylic acids is 1. The first-order valence-electron chi connectivity index (χ1n) is 10.1. The van der Waals surface area contributed by atoms with Crippen molar-refractivity contribution in [1.82, 2.24) is 0 Å². The Morgan fingerprint density at radius 1 is 1.10 bits per heavy atom. The maximum Gasteiger partial charge on any atom is 0.312 e. The summed E-state index contributed by atoms with van der Waals surface area (Å²) in [4.78, 5) is 12.6. The monoisotopic (exact) mass is 415 g/mol. The third kappa shape index (κ3) is 6.09. The van der Waals surface area contributed by atoms with E-state index in [1.54, 1.807) is 0 Å². The van der Waals surface area contributed by atoms with Crippen LogP contribution < -0.4 is 17.3 Å². The van der Waals surface area contributed by atoms with Crippen LogP contribution in [0.15, 0.2) is 54.8 Å². The van der Waals surface area contributed by atoms with E-state index in [1.807, 2.05) is 18.4 Å². The average Bonchev–Trinajstić information content (AvgIpc) is 2.70. The lowest BCUT2D eigenvalue weighted by atomic mass is 9.93. The summed E-state index contributed by atoms with van der Waals surface area (Å²) in [7, 11) is 0. The third-order valence-corrected chi connectivity index (χ3v) is 5.61. The Hall–Kier alpha value is -2.30. The SMILES string of the molecule is Cc1ccccc1C(=COCC[NH+]1CCC[C@@H](C(=O)O)C1)c1ccccc1C.[Cl-]. The lowest BCUT2D eigenvalue weighted by Gasteiger charge is -2.27. The molecule has 0 aliphatic carbocycles. The highest BCUT2D eigenvalue weighted by Crippen LogP contribution is 2.28. The van der Waals surface area contributed by atoms with Crippen molar-refractivity contribution >= 4 is 11.5 Å². The first-order chi connectivity index (χ1) is 13.6. The minimum absolute atomic E-state index is 0. The van der Waals surface area contributed by atoms with Crippen molar-refractivity contribution in [3.8, 4) is 0 Å². The zero-order chi connectivity index (χ0) is 19.9. The number of halogens is 1. The minimum Gasteiger partial charge on any atom is -1.00 e. The molecular weight excluding hydrogens is 386 g/mol. The lowest BCUT2D eigenvalue weighted by Crippen LogP contribution is -3.14. The molecule has 2 aromatic carbocycles. The van der Waals surface area contributed by atoms with Crippen LogP contribution in [-0.4, -0.2) is 37.3 Å². The van der Waals surface area contributed by atoms with Crippen LogP contribution in [0.3, 0.4) is 0 Å². The van der Waals surface area contributed by atoms with Gasteiger partial charge in [-0.1, -0.05) is 48.5 Å². The van der Waals surface area contributed by atoms with Gasteiger partial charge in [-0.3, -0.25) is 4.79 Å². The predicted octanol–water partition coefficient (Wildman–Crippen LogP) is 0.0927. The van der Waals surface area contributed by atoms with Crippen molar-refractivity contribution in [2.24, 2.45) is 5.92 Å². The van der Waals surface area contributed by atoms with E-state index in [0.29, 0.717) is 13.2 Å². The smallest absolute Gasteiger partial charge is 0.312 e. The van der Waals surface area contributed by atoms with Crippen molar-refractivity contribution in [2.75, 3.05) is 26.2 Å². The van der Waals surface area contributed by atoms with Gasteiger partial charge in [0.25, 0.3) is 0 Å². The number of benzene rings is 2. The van der Waals surface area contributed by atoms with Gasteiger partial charge in [-0.15, -0.1) is 0 Å². The van der Waals surface area contributed by atoms with Crippen molar-refractivity contribution in [3.63, 3.8) is 0 Å². The predicted molar refractivity (Wildman–Crippen MR) is 111 cm³/mol. The summed E-state index contributed by atoms with van der Waals surface area (Å²) < 4.78 is 5.98. The number of rotatable bonds is 7. The average molecular weight is 416 g/mol. The molecule has 2 N–H and O–H groups in total. The van der Waals surface area contributed by atoms with Crippen LogP contribution in [0.25, 0.3) is 5.57 Å². The second-order valence-electron chi connectivity index (χ2n) is 7.66. The van der Waals surface area contributed by atoms with Crippen molar-refractivity contribution in [3.05, 3.63) is 77.0 Å². The van der Waals surface area contributed by atoms with Crippen LogP contribution in [0.1, 0.15) is 35.1 Å². The van der Waals surface area contributed by atoms with Gasteiger partial charge in [0.15, 0.2) is 0 Å². The highest BCUT2D eigenvalue weighted by molar-refractivity contribution is 5.82. The topological polar surface area (TPSA) is 51.0 Å². The Balaban J connectivity index is 0.00000300. The Morgan fingerprint density at radius 2 is 1.69 bits per heavy atom. The van der Waals surface area contributed by atoms with Gasteiger partial charge in [0, 0.05) is 5.57 Å². The van der Waals surface area contributed by atoms with Crippen LogP contribution >= 0.6 is 0 Å². The zero-order valence-corrected chi connectivity index (χ0v) is 17.9. The number of carbonyl (C=O) groups is 1. The Morgan fingerprint density at radius 3 is 2.24 bits per heavy atom. The van der Waals surface area contributed by atoms with Crippen LogP contribution in [0.2, 0.25) is 0 Å². The summed E-state index contributed by atoms with van der Waals surface area (Å²) in [5.41, 5.74) is 5.87. The zero-order valence-electron chi connectivity index (χ0n) is 17.2. The third-order valence-electron chi connectivity index (χ3n) is 5.61. The molecule has 1 heterocycles. The first-order valence-corrected chi connectivity index (χ1v) is 10.1. The van der Waals surface area contributed by atoms with E-state index in [-0.39, 0.29) is 18.3 Å². The number of piperidine rings is 1. The van der Waals surface area contributed by atoms with Gasteiger partial charge < -0.3 is 27.2 Å². The summed E-state index contributed by atoms with van der Waals surface area (Å²) in [6.45, 7) is 7.37. The summed E-state index contributed by atoms with van der Waals surface area (Å²) in [6.07, 6.45) is 3.65. The second kappa shape index (κ2) is 11.0. The van der Waals surface area contributed by atoms with E-state index in [9.17, 15) is 9.90 Å². The molecular formula is C24H30ClNO3. The number of carboxylic acid groups (broad SMARTS) is 1. The summed E-state index contributed by atoms with van der Waals surface area (Å²) in [5, 5.41) is 9.25. The maximum atomic E-state index is 11.2. The van der Waals surface area contributed by atoms with Crippen LogP contribution in [-0.2, 0) is 9.53 Å².